The lowest BCUT2D eigenvalue weighted by Crippen LogP contribution is -1.97. The highest BCUT2D eigenvalue weighted by molar-refractivity contribution is 5.91. The van der Waals surface area contributed by atoms with Crippen molar-refractivity contribution < 1.29 is 0 Å². The van der Waals surface area contributed by atoms with Crippen molar-refractivity contribution in [1.82, 2.24) is 9.97 Å². The molecule has 0 aliphatic rings. The van der Waals surface area contributed by atoms with Gasteiger partial charge in [0.05, 0.1) is 5.69 Å². The van der Waals surface area contributed by atoms with Gasteiger partial charge >= 0.3 is 0 Å². The molecule has 3 rings (SSSR count). The second-order valence-electron chi connectivity index (χ2n) is 6.04. The summed E-state index contributed by atoms with van der Waals surface area (Å²) in [6.07, 6.45) is 0. The Labute approximate surface area is 131 Å². The van der Waals surface area contributed by atoms with Crippen LogP contribution in [0.2, 0.25) is 0 Å². The van der Waals surface area contributed by atoms with E-state index in [9.17, 15) is 0 Å². The molecule has 1 N–H and O–H groups in total. The molecule has 0 unspecified atom stereocenters. The number of hydrogen-bond acceptors (Lipinski definition) is 3. The van der Waals surface area contributed by atoms with E-state index in [0.29, 0.717) is 5.92 Å². The number of pyridine rings is 2. The van der Waals surface area contributed by atoms with E-state index >= 15 is 0 Å². The van der Waals surface area contributed by atoms with E-state index in [4.69, 9.17) is 0 Å². The van der Waals surface area contributed by atoms with Crippen LogP contribution < -0.4 is 5.32 Å². The average Bonchev–Trinajstić information content (AvgIpc) is 2.47. The molecule has 0 spiro atoms. The van der Waals surface area contributed by atoms with E-state index in [2.05, 4.69) is 65.5 Å². The number of nitrogens with one attached hydrogen (secondary N) is 1. The van der Waals surface area contributed by atoms with E-state index < -0.39 is 0 Å². The summed E-state index contributed by atoms with van der Waals surface area (Å²) in [6.45, 7) is 8.39. The molecule has 0 saturated carbocycles. The minimum Gasteiger partial charge on any atom is -0.355 e. The van der Waals surface area contributed by atoms with E-state index in [1.54, 1.807) is 0 Å². The fourth-order valence-electron chi connectivity index (χ4n) is 2.53. The van der Waals surface area contributed by atoms with Crippen molar-refractivity contribution >= 4 is 22.4 Å². The Morgan fingerprint density at radius 1 is 0.864 bits per heavy atom. The van der Waals surface area contributed by atoms with Gasteiger partial charge in [0.2, 0.25) is 0 Å². The minimum atomic E-state index is 0.547. The van der Waals surface area contributed by atoms with Crippen LogP contribution in [0.1, 0.15) is 36.7 Å². The largest absolute Gasteiger partial charge is 0.355 e. The lowest BCUT2D eigenvalue weighted by Gasteiger charge is -2.12. The summed E-state index contributed by atoms with van der Waals surface area (Å²) in [6, 6.07) is 14.8. The zero-order valence-corrected chi connectivity index (χ0v) is 13.5. The molecule has 0 atom stereocenters. The molecule has 3 aromatic rings. The standard InChI is InChI=1S/C19H21N3/c1-12(2)15-6-8-16(9-7-15)22-18-11-14(4)21-19-17(18)10-5-13(3)20-19/h5-12H,1-4H3,(H,20,21,22). The third kappa shape index (κ3) is 2.93. The fraction of sp³-hybridized carbons (Fsp3) is 0.263. The quantitative estimate of drug-likeness (QED) is 0.728. The molecule has 0 bridgehead atoms. The maximum Gasteiger partial charge on any atom is 0.161 e. The van der Waals surface area contributed by atoms with Gasteiger partial charge in [0.1, 0.15) is 0 Å². The number of anilines is 2. The molecule has 2 heterocycles. The number of hydrogen-bond donors (Lipinski definition) is 1. The Kier molecular flexibility index (Phi) is 3.80. The minimum absolute atomic E-state index is 0.547. The van der Waals surface area contributed by atoms with Crippen molar-refractivity contribution in [2.45, 2.75) is 33.6 Å². The molecule has 22 heavy (non-hydrogen) atoms. The van der Waals surface area contributed by atoms with Gasteiger partial charge in [0.15, 0.2) is 5.65 Å². The first-order valence-electron chi connectivity index (χ1n) is 7.65. The van der Waals surface area contributed by atoms with Crippen molar-refractivity contribution in [3.8, 4) is 0 Å². The van der Waals surface area contributed by atoms with Crippen LogP contribution >= 0.6 is 0 Å². The first kappa shape index (κ1) is 14.5. The molecule has 3 heteroatoms. The Balaban J connectivity index is 1.99. The van der Waals surface area contributed by atoms with Crippen molar-refractivity contribution in [3.05, 3.63) is 59.4 Å². The Morgan fingerprint density at radius 3 is 2.23 bits per heavy atom. The summed E-state index contributed by atoms with van der Waals surface area (Å²) in [5.74, 6) is 0.547. The summed E-state index contributed by atoms with van der Waals surface area (Å²) in [4.78, 5) is 9.05. The SMILES string of the molecule is Cc1ccc2c(Nc3ccc(C(C)C)cc3)cc(C)nc2n1. The van der Waals surface area contributed by atoms with Gasteiger partial charge < -0.3 is 5.32 Å². The number of aromatic nitrogens is 2. The third-order valence-corrected chi connectivity index (χ3v) is 3.80. The summed E-state index contributed by atoms with van der Waals surface area (Å²) < 4.78 is 0. The smallest absolute Gasteiger partial charge is 0.161 e. The van der Waals surface area contributed by atoms with Gasteiger partial charge in [-0.1, -0.05) is 26.0 Å². The van der Waals surface area contributed by atoms with Crippen LogP contribution in [-0.2, 0) is 0 Å². The molecule has 0 amide bonds. The summed E-state index contributed by atoms with van der Waals surface area (Å²) >= 11 is 0. The zero-order valence-electron chi connectivity index (χ0n) is 13.5. The molecule has 0 fully saturated rings. The van der Waals surface area contributed by atoms with Crippen molar-refractivity contribution in [1.29, 1.82) is 0 Å². The molecular formula is C19H21N3. The number of benzene rings is 1. The van der Waals surface area contributed by atoms with Gasteiger partial charge in [-0.2, -0.15) is 0 Å². The van der Waals surface area contributed by atoms with Crippen LogP contribution in [0.15, 0.2) is 42.5 Å². The van der Waals surface area contributed by atoms with Crippen LogP contribution in [0.3, 0.4) is 0 Å². The van der Waals surface area contributed by atoms with E-state index in [0.717, 1.165) is 33.8 Å². The van der Waals surface area contributed by atoms with Crippen molar-refractivity contribution in [2.24, 2.45) is 0 Å². The van der Waals surface area contributed by atoms with Gasteiger partial charge in [-0.15, -0.1) is 0 Å². The van der Waals surface area contributed by atoms with Gasteiger partial charge in [0, 0.05) is 22.5 Å². The van der Waals surface area contributed by atoms with Crippen molar-refractivity contribution in [2.75, 3.05) is 5.32 Å². The predicted molar refractivity (Wildman–Crippen MR) is 92.8 cm³/mol. The van der Waals surface area contributed by atoms with Crippen LogP contribution in [-0.4, -0.2) is 9.97 Å². The fourth-order valence-corrected chi connectivity index (χ4v) is 2.53. The molecule has 112 valence electrons. The first-order valence-corrected chi connectivity index (χ1v) is 7.65. The first-order chi connectivity index (χ1) is 10.5. The highest BCUT2D eigenvalue weighted by Crippen LogP contribution is 2.26. The topological polar surface area (TPSA) is 37.8 Å². The maximum absolute atomic E-state index is 4.52. The maximum atomic E-state index is 4.52. The molecule has 0 saturated heterocycles. The van der Waals surface area contributed by atoms with Crippen LogP contribution in [0.5, 0.6) is 0 Å². The summed E-state index contributed by atoms with van der Waals surface area (Å²) in [5.41, 5.74) is 6.22. The van der Waals surface area contributed by atoms with Crippen molar-refractivity contribution in [3.63, 3.8) is 0 Å². The molecule has 0 aliphatic heterocycles. The Hall–Kier alpha value is -2.42. The second kappa shape index (κ2) is 5.76. The Bertz CT molecular complexity index is 800. The molecule has 3 nitrogen and oxygen atoms in total. The lowest BCUT2D eigenvalue weighted by molar-refractivity contribution is 0.867. The summed E-state index contributed by atoms with van der Waals surface area (Å²) in [5, 5.41) is 4.54. The van der Waals surface area contributed by atoms with E-state index in [1.807, 2.05) is 19.9 Å². The zero-order chi connectivity index (χ0) is 15.7. The Morgan fingerprint density at radius 2 is 1.55 bits per heavy atom. The molecule has 0 aliphatic carbocycles. The second-order valence-corrected chi connectivity index (χ2v) is 6.04. The highest BCUT2D eigenvalue weighted by atomic mass is 14.9. The van der Waals surface area contributed by atoms with Gasteiger partial charge in [-0.25, -0.2) is 9.97 Å². The van der Waals surface area contributed by atoms with E-state index in [1.165, 1.54) is 5.56 Å². The molecule has 2 aromatic heterocycles. The predicted octanol–water partition coefficient (Wildman–Crippen LogP) is 5.11. The number of nitrogens with zero attached hydrogens (tertiary/aromatic N) is 2. The van der Waals surface area contributed by atoms with Gasteiger partial charge in [-0.05, 0) is 55.7 Å². The molecule has 1 aromatic carbocycles. The van der Waals surface area contributed by atoms with E-state index in [-0.39, 0.29) is 0 Å². The van der Waals surface area contributed by atoms with Crippen LogP contribution in [0.25, 0.3) is 11.0 Å². The highest BCUT2D eigenvalue weighted by Gasteiger charge is 2.06. The number of rotatable bonds is 3. The van der Waals surface area contributed by atoms with Gasteiger partial charge in [-0.3, -0.25) is 0 Å². The number of aryl methyl sites for hydroxylation is 2. The monoisotopic (exact) mass is 291 g/mol. The summed E-state index contributed by atoms with van der Waals surface area (Å²) in [7, 11) is 0. The van der Waals surface area contributed by atoms with Gasteiger partial charge in [0.25, 0.3) is 0 Å². The number of fused-ring (bicyclic) bond motifs is 1. The third-order valence-electron chi connectivity index (χ3n) is 3.80. The normalized spacial score (nSPS) is 11.1. The molecular weight excluding hydrogens is 270 g/mol. The average molecular weight is 291 g/mol. The lowest BCUT2D eigenvalue weighted by atomic mass is 10.0. The van der Waals surface area contributed by atoms with Crippen LogP contribution in [0, 0.1) is 13.8 Å². The molecule has 0 radical (unpaired) electrons. The van der Waals surface area contributed by atoms with Crippen LogP contribution in [0.4, 0.5) is 11.4 Å².